The summed E-state index contributed by atoms with van der Waals surface area (Å²) in [5.41, 5.74) is -0.0420. The Hall–Kier alpha value is -3.62. The van der Waals surface area contributed by atoms with Crippen molar-refractivity contribution in [1.29, 1.82) is 0 Å². The fraction of sp³-hybridized carbons (Fsp3) is 0.222. The fourth-order valence-corrected chi connectivity index (χ4v) is 2.48. The zero-order valence-electron chi connectivity index (χ0n) is 14.2. The van der Waals surface area contributed by atoms with Crippen LogP contribution in [0.25, 0.3) is 0 Å². The van der Waals surface area contributed by atoms with Gasteiger partial charge in [0, 0.05) is 12.1 Å². The lowest BCUT2D eigenvalue weighted by atomic mass is 10.2. The molecular formula is C18H16N2O7. The number of nitrogens with zero attached hydrogens (tertiary/aromatic N) is 2. The lowest BCUT2D eigenvalue weighted by Crippen LogP contribution is -2.42. The Morgan fingerprint density at radius 1 is 1.19 bits per heavy atom. The first-order valence-corrected chi connectivity index (χ1v) is 8.09. The van der Waals surface area contributed by atoms with Crippen LogP contribution in [0.2, 0.25) is 0 Å². The maximum absolute atomic E-state index is 12.1. The van der Waals surface area contributed by atoms with Gasteiger partial charge >= 0.3 is 5.97 Å². The van der Waals surface area contributed by atoms with Gasteiger partial charge in [0.2, 0.25) is 0 Å². The lowest BCUT2D eigenvalue weighted by Gasteiger charge is -2.28. The first-order chi connectivity index (χ1) is 13.0. The van der Waals surface area contributed by atoms with Gasteiger partial charge in [0.05, 0.1) is 10.6 Å². The number of nitro groups is 1. The average Bonchev–Trinajstić information content (AvgIpc) is 2.68. The van der Waals surface area contributed by atoms with Crippen LogP contribution in [0.1, 0.15) is 0 Å². The monoisotopic (exact) mass is 372 g/mol. The third-order valence-corrected chi connectivity index (χ3v) is 3.74. The number of rotatable bonds is 7. The van der Waals surface area contributed by atoms with Crippen molar-refractivity contribution in [2.24, 2.45) is 0 Å². The number of non-ortho nitro benzene ring substituents is 1. The molecule has 0 spiro atoms. The Bertz CT molecular complexity index is 854. The minimum atomic E-state index is -0.653. The van der Waals surface area contributed by atoms with E-state index in [0.29, 0.717) is 11.5 Å². The molecule has 0 N–H and O–H groups in total. The molecule has 27 heavy (non-hydrogen) atoms. The van der Waals surface area contributed by atoms with E-state index in [9.17, 15) is 19.7 Å². The molecule has 1 heterocycles. The second-order valence-electron chi connectivity index (χ2n) is 5.56. The van der Waals surface area contributed by atoms with Crippen molar-refractivity contribution in [3.63, 3.8) is 0 Å². The lowest BCUT2D eigenvalue weighted by molar-refractivity contribution is -0.384. The number of hydrogen-bond acceptors (Lipinski definition) is 7. The number of carbonyl (C=O) groups excluding carboxylic acids is 2. The molecule has 9 nitrogen and oxygen atoms in total. The number of para-hydroxylation sites is 1. The minimum absolute atomic E-state index is 0.00799. The van der Waals surface area contributed by atoms with Crippen LogP contribution in [0.4, 0.5) is 11.4 Å². The summed E-state index contributed by atoms with van der Waals surface area (Å²) in [6.45, 7) is -0.459. The number of esters is 1. The summed E-state index contributed by atoms with van der Waals surface area (Å²) in [6.07, 6.45) is 0. The highest BCUT2D eigenvalue weighted by atomic mass is 16.6. The molecule has 0 saturated carbocycles. The van der Waals surface area contributed by atoms with E-state index in [4.69, 9.17) is 14.2 Å². The first kappa shape index (κ1) is 18.2. The molecule has 0 aliphatic carbocycles. The Morgan fingerprint density at radius 2 is 1.96 bits per heavy atom. The Labute approximate surface area is 154 Å². The van der Waals surface area contributed by atoms with Crippen LogP contribution in [-0.4, -0.2) is 43.2 Å². The fourth-order valence-electron chi connectivity index (χ4n) is 2.48. The summed E-state index contributed by atoms with van der Waals surface area (Å²) in [5.74, 6) is -0.196. The summed E-state index contributed by atoms with van der Waals surface area (Å²) >= 11 is 0. The standard InChI is InChI=1S/C18H16N2O7/c21-17-12-27-16-7-6-13(20(23)24)10-15(16)19(17)11-18(22)26-9-8-25-14-4-2-1-3-5-14/h1-7,10H,8-9,11-12H2. The smallest absolute Gasteiger partial charge is 0.326 e. The molecular weight excluding hydrogens is 356 g/mol. The van der Waals surface area contributed by atoms with Crippen molar-refractivity contribution in [3.05, 3.63) is 58.6 Å². The van der Waals surface area contributed by atoms with Crippen molar-refractivity contribution in [2.75, 3.05) is 31.3 Å². The Morgan fingerprint density at radius 3 is 2.70 bits per heavy atom. The van der Waals surface area contributed by atoms with Gasteiger partial charge in [-0.25, -0.2) is 0 Å². The molecule has 0 atom stereocenters. The Balaban J connectivity index is 1.58. The quantitative estimate of drug-likeness (QED) is 0.316. The molecule has 0 unspecified atom stereocenters. The van der Waals surface area contributed by atoms with E-state index in [0.717, 1.165) is 4.90 Å². The minimum Gasteiger partial charge on any atom is -0.490 e. The van der Waals surface area contributed by atoms with Crippen LogP contribution in [0.3, 0.4) is 0 Å². The molecule has 0 fully saturated rings. The predicted octanol–water partition coefficient (Wildman–Crippen LogP) is 1.94. The van der Waals surface area contributed by atoms with Gasteiger partial charge in [0.1, 0.15) is 31.3 Å². The SMILES string of the molecule is O=C(CN1C(=O)COc2ccc([N+](=O)[O-])cc21)OCCOc1ccccc1. The van der Waals surface area contributed by atoms with E-state index in [1.165, 1.54) is 18.2 Å². The summed E-state index contributed by atoms with van der Waals surface area (Å²) in [4.78, 5) is 35.6. The average molecular weight is 372 g/mol. The van der Waals surface area contributed by atoms with Crippen molar-refractivity contribution >= 4 is 23.3 Å². The number of ether oxygens (including phenoxy) is 3. The van der Waals surface area contributed by atoms with Gasteiger partial charge in [-0.3, -0.25) is 24.6 Å². The number of hydrogen-bond donors (Lipinski definition) is 0. The van der Waals surface area contributed by atoms with Crippen molar-refractivity contribution < 1.29 is 28.7 Å². The summed E-state index contributed by atoms with van der Waals surface area (Å²) < 4.78 is 15.7. The van der Waals surface area contributed by atoms with E-state index in [-0.39, 0.29) is 37.7 Å². The molecule has 0 saturated heterocycles. The van der Waals surface area contributed by atoms with Gasteiger partial charge in [-0.2, -0.15) is 0 Å². The first-order valence-electron chi connectivity index (χ1n) is 8.09. The second-order valence-corrected chi connectivity index (χ2v) is 5.56. The zero-order chi connectivity index (χ0) is 19.2. The van der Waals surface area contributed by atoms with Gasteiger partial charge in [0.15, 0.2) is 6.61 Å². The molecule has 140 valence electrons. The normalized spacial score (nSPS) is 12.7. The third-order valence-electron chi connectivity index (χ3n) is 3.74. The summed E-state index contributed by atoms with van der Waals surface area (Å²) in [7, 11) is 0. The van der Waals surface area contributed by atoms with Gasteiger partial charge < -0.3 is 14.2 Å². The van der Waals surface area contributed by atoms with Gasteiger partial charge in [-0.1, -0.05) is 18.2 Å². The highest BCUT2D eigenvalue weighted by molar-refractivity contribution is 6.01. The number of nitro benzene ring substituents is 1. The summed E-state index contributed by atoms with van der Waals surface area (Å²) in [5, 5.41) is 10.9. The molecule has 2 aromatic carbocycles. The maximum Gasteiger partial charge on any atom is 0.326 e. The molecule has 9 heteroatoms. The van der Waals surface area contributed by atoms with Gasteiger partial charge in [-0.05, 0) is 18.2 Å². The maximum atomic E-state index is 12.1. The zero-order valence-corrected chi connectivity index (χ0v) is 14.2. The van der Waals surface area contributed by atoms with Gasteiger partial charge in [0.25, 0.3) is 11.6 Å². The molecule has 1 aliphatic rings. The number of fused-ring (bicyclic) bond motifs is 1. The van der Waals surface area contributed by atoms with Crippen LogP contribution in [0, 0.1) is 10.1 Å². The molecule has 1 amide bonds. The highest BCUT2D eigenvalue weighted by Gasteiger charge is 2.29. The van der Waals surface area contributed by atoms with Gasteiger partial charge in [-0.15, -0.1) is 0 Å². The number of anilines is 1. The molecule has 2 aromatic rings. The van der Waals surface area contributed by atoms with Crippen LogP contribution in [-0.2, 0) is 14.3 Å². The number of carbonyl (C=O) groups is 2. The van der Waals surface area contributed by atoms with E-state index in [1.54, 1.807) is 12.1 Å². The van der Waals surface area contributed by atoms with E-state index in [2.05, 4.69) is 0 Å². The Kier molecular flexibility index (Phi) is 5.50. The molecule has 0 bridgehead atoms. The molecule has 0 radical (unpaired) electrons. The summed E-state index contributed by atoms with van der Waals surface area (Å²) in [6, 6.07) is 12.9. The number of benzene rings is 2. The van der Waals surface area contributed by atoms with E-state index in [1.807, 2.05) is 18.2 Å². The third kappa shape index (κ3) is 4.51. The topological polar surface area (TPSA) is 108 Å². The van der Waals surface area contributed by atoms with Crippen LogP contribution in [0.5, 0.6) is 11.5 Å². The molecule has 0 aromatic heterocycles. The van der Waals surface area contributed by atoms with E-state index >= 15 is 0 Å². The van der Waals surface area contributed by atoms with Crippen LogP contribution >= 0.6 is 0 Å². The second kappa shape index (κ2) is 8.17. The predicted molar refractivity (Wildman–Crippen MR) is 93.8 cm³/mol. The number of amides is 1. The van der Waals surface area contributed by atoms with Crippen molar-refractivity contribution in [1.82, 2.24) is 0 Å². The van der Waals surface area contributed by atoms with Crippen LogP contribution < -0.4 is 14.4 Å². The van der Waals surface area contributed by atoms with E-state index < -0.39 is 16.8 Å². The van der Waals surface area contributed by atoms with Crippen molar-refractivity contribution in [2.45, 2.75) is 0 Å². The van der Waals surface area contributed by atoms with Crippen molar-refractivity contribution in [3.8, 4) is 11.5 Å². The largest absolute Gasteiger partial charge is 0.490 e. The molecule has 3 rings (SSSR count). The van der Waals surface area contributed by atoms with Crippen LogP contribution in [0.15, 0.2) is 48.5 Å². The molecule has 1 aliphatic heterocycles. The highest BCUT2D eigenvalue weighted by Crippen LogP contribution is 2.35.